The van der Waals surface area contributed by atoms with E-state index in [-0.39, 0.29) is 70.9 Å². The van der Waals surface area contributed by atoms with Gasteiger partial charge in [-0.2, -0.15) is 26.7 Å². The van der Waals surface area contributed by atoms with Gasteiger partial charge in [-0.25, -0.2) is 0 Å². The van der Waals surface area contributed by atoms with E-state index in [2.05, 4.69) is 41.5 Å². The molecular weight excluding hydrogens is 216 g/mol. The Morgan fingerprint density at radius 1 is 0.917 bits per heavy atom. The van der Waals surface area contributed by atoms with Gasteiger partial charge in [0, 0.05) is 0 Å². The third kappa shape index (κ3) is 335. The summed E-state index contributed by atoms with van der Waals surface area (Å²) in [5.41, 5.74) is 0. The fraction of sp³-hybridized carbons (Fsp3) is 0.750. The molecular formula is C8H18Cl2Mg2. The van der Waals surface area contributed by atoms with E-state index < -0.39 is 0 Å². The molecule has 0 N–H and O–H groups in total. The van der Waals surface area contributed by atoms with Crippen LogP contribution in [-0.4, -0.2) is 46.1 Å². The molecule has 0 saturated heterocycles. The normalized spacial score (nSPS) is 6.00. The first-order valence-electron chi connectivity index (χ1n) is 3.06. The number of hydrogen-bond acceptors (Lipinski definition) is 0. The first kappa shape index (κ1) is 36.9. The number of hydrogen-bond donors (Lipinski definition) is 0. The van der Waals surface area contributed by atoms with Crippen LogP contribution in [0.2, 0.25) is 0 Å². The summed E-state index contributed by atoms with van der Waals surface area (Å²) >= 11 is 0. The van der Waals surface area contributed by atoms with E-state index in [0.717, 1.165) is 0 Å². The quantitative estimate of drug-likeness (QED) is 0.299. The molecule has 0 aromatic carbocycles. The average Bonchev–Trinajstić information content (AvgIpc) is 1.25. The summed E-state index contributed by atoms with van der Waals surface area (Å²) in [6.45, 7) is 14.0. The van der Waals surface area contributed by atoms with Crippen LogP contribution in [0.5, 0.6) is 0 Å². The van der Waals surface area contributed by atoms with Gasteiger partial charge in [-0.15, -0.1) is 0 Å². The standard InChI is InChI=1S/2C4H9.2ClH.2Mg/c2*1-4(2)3;;;;/h1-3H3;4H,1H2,2-3H3;2*1H;;/q2*-1;;;2*+2/p-2. The van der Waals surface area contributed by atoms with Crippen molar-refractivity contribution in [2.75, 3.05) is 0 Å². The van der Waals surface area contributed by atoms with Crippen molar-refractivity contribution in [2.24, 2.45) is 5.92 Å². The number of rotatable bonds is 0. The second-order valence-electron chi connectivity index (χ2n) is 2.89. The molecule has 0 amide bonds. The van der Waals surface area contributed by atoms with Crippen molar-refractivity contribution in [3.05, 3.63) is 12.8 Å². The van der Waals surface area contributed by atoms with Crippen molar-refractivity contribution in [3.63, 3.8) is 0 Å². The van der Waals surface area contributed by atoms with Crippen LogP contribution in [0.25, 0.3) is 0 Å². The van der Waals surface area contributed by atoms with Crippen molar-refractivity contribution in [1.82, 2.24) is 0 Å². The molecule has 0 aliphatic rings. The molecule has 0 aromatic heterocycles. The molecule has 0 bridgehead atoms. The molecule has 0 heterocycles. The summed E-state index contributed by atoms with van der Waals surface area (Å²) in [6.07, 6.45) is 0. The average molecular weight is 234 g/mol. The molecule has 0 atom stereocenters. The van der Waals surface area contributed by atoms with Crippen LogP contribution >= 0.6 is 0 Å². The van der Waals surface area contributed by atoms with E-state index in [1.165, 1.54) is 5.92 Å². The Balaban J connectivity index is -0.0000000112. The first-order chi connectivity index (χ1) is 3.46. The van der Waals surface area contributed by atoms with Gasteiger partial charge in [0.1, 0.15) is 0 Å². The van der Waals surface area contributed by atoms with Gasteiger partial charge in [0.25, 0.3) is 0 Å². The van der Waals surface area contributed by atoms with E-state index in [4.69, 9.17) is 0 Å². The van der Waals surface area contributed by atoms with Crippen LogP contribution in [-0.2, 0) is 0 Å². The van der Waals surface area contributed by atoms with Crippen molar-refractivity contribution in [1.29, 1.82) is 0 Å². The molecule has 0 rings (SSSR count). The fourth-order valence-electron chi connectivity index (χ4n) is 0. The Labute approximate surface area is 123 Å². The first-order valence-corrected chi connectivity index (χ1v) is 3.06. The third-order valence-corrected chi connectivity index (χ3v) is 0. The molecule has 0 unspecified atom stereocenters. The molecule has 0 nitrogen and oxygen atoms in total. The van der Waals surface area contributed by atoms with Gasteiger partial charge in [0.05, 0.1) is 0 Å². The van der Waals surface area contributed by atoms with E-state index in [1.54, 1.807) is 0 Å². The maximum absolute atomic E-state index is 3.64. The minimum absolute atomic E-state index is 0. The van der Waals surface area contributed by atoms with E-state index in [1.807, 2.05) is 0 Å². The second-order valence-corrected chi connectivity index (χ2v) is 2.89. The summed E-state index contributed by atoms with van der Waals surface area (Å²) in [4.78, 5) is 0. The molecule has 0 aromatic rings. The van der Waals surface area contributed by atoms with E-state index in [9.17, 15) is 0 Å². The van der Waals surface area contributed by atoms with Crippen LogP contribution in [0.4, 0.5) is 0 Å². The molecule has 0 radical (unpaired) electrons. The van der Waals surface area contributed by atoms with Gasteiger partial charge >= 0.3 is 46.1 Å². The largest absolute Gasteiger partial charge is 2.00 e. The second kappa shape index (κ2) is 29.2. The van der Waals surface area contributed by atoms with Crippen LogP contribution in [0, 0.1) is 18.8 Å². The molecule has 68 valence electrons. The van der Waals surface area contributed by atoms with Crippen LogP contribution in [0.3, 0.4) is 0 Å². The topological polar surface area (TPSA) is 0 Å². The molecule has 12 heavy (non-hydrogen) atoms. The Kier molecular flexibility index (Phi) is 89.8. The third-order valence-electron chi connectivity index (χ3n) is 0. The Hall–Kier alpha value is 2.11. The van der Waals surface area contributed by atoms with Gasteiger partial charge in [-0.05, 0) is 0 Å². The van der Waals surface area contributed by atoms with Crippen molar-refractivity contribution < 1.29 is 24.8 Å². The SMILES string of the molecule is C[C-](C)C.[CH2-]C(C)C.[Cl-].[Cl-].[Mg+2].[Mg+2]. The van der Waals surface area contributed by atoms with Gasteiger partial charge in [-0.1, -0.05) is 13.8 Å². The molecule has 0 aliphatic carbocycles. The summed E-state index contributed by atoms with van der Waals surface area (Å²) in [5, 5.41) is 0. The van der Waals surface area contributed by atoms with Crippen LogP contribution in [0.15, 0.2) is 0 Å². The van der Waals surface area contributed by atoms with Crippen molar-refractivity contribution in [2.45, 2.75) is 34.6 Å². The van der Waals surface area contributed by atoms with Gasteiger partial charge in [-0.3, -0.25) is 0 Å². The smallest absolute Gasteiger partial charge is 1.00 e. The molecule has 0 fully saturated rings. The van der Waals surface area contributed by atoms with Gasteiger partial charge in [0.15, 0.2) is 0 Å². The van der Waals surface area contributed by atoms with Crippen LogP contribution in [0.1, 0.15) is 34.6 Å². The minimum atomic E-state index is 0. The van der Waals surface area contributed by atoms with Crippen molar-refractivity contribution >= 4 is 46.1 Å². The molecule has 4 heteroatoms. The summed E-state index contributed by atoms with van der Waals surface area (Å²) in [5.74, 6) is 2.00. The molecule has 0 spiro atoms. The number of halogens is 2. The Morgan fingerprint density at radius 2 is 0.917 bits per heavy atom. The van der Waals surface area contributed by atoms with E-state index in [0.29, 0.717) is 5.92 Å². The summed E-state index contributed by atoms with van der Waals surface area (Å²) in [6, 6.07) is 0. The monoisotopic (exact) mass is 232 g/mol. The zero-order valence-electron chi connectivity index (χ0n) is 8.95. The fourth-order valence-corrected chi connectivity index (χ4v) is 0. The predicted octanol–water partition coefficient (Wildman–Crippen LogP) is -3.66. The summed E-state index contributed by atoms with van der Waals surface area (Å²) < 4.78 is 0. The zero-order chi connectivity index (χ0) is 7.15. The van der Waals surface area contributed by atoms with E-state index >= 15 is 0 Å². The van der Waals surface area contributed by atoms with Crippen molar-refractivity contribution in [3.8, 4) is 0 Å². The predicted molar refractivity (Wildman–Crippen MR) is 52.0 cm³/mol. The Bertz CT molecular complexity index is 30.5. The maximum Gasteiger partial charge on any atom is 2.00 e. The van der Waals surface area contributed by atoms with Gasteiger partial charge < -0.3 is 37.7 Å². The maximum atomic E-state index is 3.64. The molecule has 0 aliphatic heterocycles. The Morgan fingerprint density at radius 3 is 0.917 bits per heavy atom. The zero-order valence-corrected chi connectivity index (χ0v) is 13.3. The molecule has 0 saturated carbocycles. The van der Waals surface area contributed by atoms with Crippen LogP contribution < -0.4 is 24.8 Å². The summed E-state index contributed by atoms with van der Waals surface area (Å²) in [7, 11) is 0. The minimum Gasteiger partial charge on any atom is -1.00 e. The van der Waals surface area contributed by atoms with Gasteiger partial charge in [0.2, 0.25) is 0 Å².